The van der Waals surface area contributed by atoms with Gasteiger partial charge in [0.15, 0.2) is 11.5 Å². The fourth-order valence-corrected chi connectivity index (χ4v) is 5.94. The highest BCUT2D eigenvalue weighted by atomic mass is 32.2. The van der Waals surface area contributed by atoms with Crippen LogP contribution in [0.2, 0.25) is 0 Å². The minimum absolute atomic E-state index is 0.527. The van der Waals surface area contributed by atoms with Gasteiger partial charge in [0.1, 0.15) is 0 Å². The first-order chi connectivity index (χ1) is 16.6. The Morgan fingerprint density at radius 2 is 1.94 bits per heavy atom. The smallest absolute Gasteiger partial charge is 0.164 e. The van der Waals surface area contributed by atoms with Gasteiger partial charge in [-0.15, -0.1) is 0 Å². The molecule has 0 radical (unpaired) electrons. The van der Waals surface area contributed by atoms with Gasteiger partial charge in [-0.3, -0.25) is 9.80 Å². The van der Waals surface area contributed by atoms with Gasteiger partial charge in [0.05, 0.1) is 26.6 Å². The molecule has 0 spiro atoms. The van der Waals surface area contributed by atoms with E-state index in [9.17, 15) is 0 Å². The molecule has 4 rings (SSSR count). The molecule has 186 valence electrons. The van der Waals surface area contributed by atoms with Crippen LogP contribution in [-0.2, 0) is 17.8 Å². The summed E-state index contributed by atoms with van der Waals surface area (Å²) >= 11 is 2.05. The van der Waals surface area contributed by atoms with E-state index in [4.69, 9.17) is 14.2 Å². The zero-order valence-electron chi connectivity index (χ0n) is 21.0. The van der Waals surface area contributed by atoms with Gasteiger partial charge >= 0.3 is 0 Å². The summed E-state index contributed by atoms with van der Waals surface area (Å²) in [5.74, 6) is 3.54. The van der Waals surface area contributed by atoms with Gasteiger partial charge in [-0.1, -0.05) is 50.2 Å². The van der Waals surface area contributed by atoms with E-state index >= 15 is 0 Å². The number of fused-ring (bicyclic) bond motifs is 1. The number of benzene rings is 2. The molecule has 34 heavy (non-hydrogen) atoms. The maximum Gasteiger partial charge on any atom is 0.164 e. The van der Waals surface area contributed by atoms with E-state index in [0.29, 0.717) is 17.9 Å². The van der Waals surface area contributed by atoms with E-state index in [1.54, 1.807) is 0 Å². The number of rotatable bonds is 10. The molecule has 2 aliphatic heterocycles. The Bertz CT molecular complexity index is 893. The van der Waals surface area contributed by atoms with Crippen LogP contribution in [-0.4, -0.2) is 67.0 Å². The molecule has 0 amide bonds. The first kappa shape index (κ1) is 25.4. The maximum absolute atomic E-state index is 6.29. The van der Waals surface area contributed by atoms with Crippen LogP contribution in [0.15, 0.2) is 42.5 Å². The summed E-state index contributed by atoms with van der Waals surface area (Å²) in [7, 11) is 0. The summed E-state index contributed by atoms with van der Waals surface area (Å²) in [6.45, 7) is 14.7. The van der Waals surface area contributed by atoms with E-state index in [-0.39, 0.29) is 0 Å². The molecule has 0 saturated carbocycles. The van der Waals surface area contributed by atoms with Gasteiger partial charge in [0.25, 0.3) is 0 Å². The van der Waals surface area contributed by atoms with Gasteiger partial charge in [-0.2, -0.15) is 11.8 Å². The lowest BCUT2D eigenvalue weighted by Gasteiger charge is -2.33. The summed E-state index contributed by atoms with van der Waals surface area (Å²) in [6.07, 6.45) is 0.929. The third-order valence-corrected chi connectivity index (χ3v) is 7.35. The Hall–Kier alpha value is -1.73. The van der Waals surface area contributed by atoms with Crippen LogP contribution in [0.4, 0.5) is 0 Å². The van der Waals surface area contributed by atoms with E-state index in [1.807, 2.05) is 0 Å². The summed E-state index contributed by atoms with van der Waals surface area (Å²) in [5.41, 5.74) is 3.80. The topological polar surface area (TPSA) is 34.2 Å². The molecule has 2 aliphatic rings. The molecule has 5 nitrogen and oxygen atoms in total. The van der Waals surface area contributed by atoms with Crippen molar-refractivity contribution in [2.45, 2.75) is 45.5 Å². The second-order valence-electron chi connectivity index (χ2n) is 9.91. The molecule has 0 aromatic heterocycles. The third kappa shape index (κ3) is 7.64. The number of nitrogens with zero attached hydrogens (tertiary/aromatic N) is 2. The molecule has 1 saturated heterocycles. The Kier molecular flexibility index (Phi) is 9.57. The quantitative estimate of drug-likeness (QED) is 0.431. The van der Waals surface area contributed by atoms with Crippen LogP contribution in [0, 0.1) is 12.8 Å². The van der Waals surface area contributed by atoms with Crippen molar-refractivity contribution in [2.24, 2.45) is 5.92 Å². The number of hydrogen-bond acceptors (Lipinski definition) is 6. The summed E-state index contributed by atoms with van der Waals surface area (Å²) in [4.78, 5) is 4.98. The Balaban J connectivity index is 1.30. The van der Waals surface area contributed by atoms with E-state index in [1.165, 1.54) is 16.9 Å². The highest BCUT2D eigenvalue weighted by Crippen LogP contribution is 2.34. The fourth-order valence-electron chi connectivity index (χ4n) is 4.73. The molecule has 1 unspecified atom stereocenters. The van der Waals surface area contributed by atoms with Gasteiger partial charge in [0.2, 0.25) is 0 Å². The van der Waals surface area contributed by atoms with Crippen LogP contribution >= 0.6 is 11.8 Å². The molecular formula is C28H40N2O3S. The van der Waals surface area contributed by atoms with Crippen molar-refractivity contribution in [1.82, 2.24) is 9.80 Å². The first-order valence-corrected chi connectivity index (χ1v) is 13.7. The normalized spacial score (nSPS) is 18.9. The number of hydrogen-bond donors (Lipinski definition) is 0. The van der Waals surface area contributed by atoms with Crippen molar-refractivity contribution in [1.29, 1.82) is 0 Å². The van der Waals surface area contributed by atoms with Crippen LogP contribution in [0.25, 0.3) is 0 Å². The molecule has 0 aliphatic carbocycles. The summed E-state index contributed by atoms with van der Waals surface area (Å²) in [5, 5.41) is 0.527. The van der Waals surface area contributed by atoms with Crippen LogP contribution < -0.4 is 9.47 Å². The van der Waals surface area contributed by atoms with Gasteiger partial charge < -0.3 is 14.2 Å². The lowest BCUT2D eigenvalue weighted by molar-refractivity contribution is 0.0155. The molecule has 0 N–H and O–H groups in total. The fraction of sp³-hybridized carbons (Fsp3) is 0.571. The lowest BCUT2D eigenvalue weighted by Crippen LogP contribution is -2.40. The van der Waals surface area contributed by atoms with E-state index in [2.05, 4.69) is 84.8 Å². The van der Waals surface area contributed by atoms with Gasteiger partial charge in [0, 0.05) is 50.1 Å². The minimum atomic E-state index is 0.527. The zero-order chi connectivity index (χ0) is 23.8. The molecule has 2 heterocycles. The predicted octanol–water partition coefficient (Wildman–Crippen LogP) is 5.21. The van der Waals surface area contributed by atoms with Crippen LogP contribution in [0.3, 0.4) is 0 Å². The van der Waals surface area contributed by atoms with Gasteiger partial charge in [-0.25, -0.2) is 0 Å². The molecule has 1 atom stereocenters. The zero-order valence-corrected chi connectivity index (χ0v) is 21.8. The molecule has 6 heteroatoms. The average molecular weight is 485 g/mol. The largest absolute Gasteiger partial charge is 0.490 e. The predicted molar refractivity (Wildman–Crippen MR) is 141 cm³/mol. The SMILES string of the molecule is Cc1cc(CN(COCC2CN(Cc3ccccc3)CCS2)CC(C)C)cc2c1OCCCO2. The highest BCUT2D eigenvalue weighted by molar-refractivity contribution is 8.00. The lowest BCUT2D eigenvalue weighted by atomic mass is 10.1. The second kappa shape index (κ2) is 12.8. The van der Waals surface area contributed by atoms with Crippen molar-refractivity contribution >= 4 is 11.8 Å². The van der Waals surface area contributed by atoms with Crippen molar-refractivity contribution in [3.8, 4) is 11.5 Å². The summed E-state index contributed by atoms with van der Waals surface area (Å²) < 4.78 is 18.2. The van der Waals surface area contributed by atoms with E-state index < -0.39 is 0 Å². The minimum Gasteiger partial charge on any atom is -0.490 e. The number of ether oxygens (including phenoxy) is 3. The van der Waals surface area contributed by atoms with Crippen molar-refractivity contribution in [2.75, 3.05) is 51.9 Å². The van der Waals surface area contributed by atoms with Crippen molar-refractivity contribution in [3.63, 3.8) is 0 Å². The van der Waals surface area contributed by atoms with E-state index in [0.717, 1.165) is 76.0 Å². The van der Waals surface area contributed by atoms with Crippen LogP contribution in [0.1, 0.15) is 37.0 Å². The molecular weight excluding hydrogens is 444 g/mol. The Morgan fingerprint density at radius 1 is 1.12 bits per heavy atom. The summed E-state index contributed by atoms with van der Waals surface area (Å²) in [6, 6.07) is 15.2. The Morgan fingerprint density at radius 3 is 2.76 bits per heavy atom. The molecule has 2 aromatic rings. The monoisotopic (exact) mass is 484 g/mol. The molecule has 0 bridgehead atoms. The third-order valence-electron chi connectivity index (χ3n) is 6.17. The first-order valence-electron chi connectivity index (χ1n) is 12.6. The highest BCUT2D eigenvalue weighted by Gasteiger charge is 2.21. The van der Waals surface area contributed by atoms with Crippen molar-refractivity contribution in [3.05, 3.63) is 59.2 Å². The molecule has 2 aromatic carbocycles. The second-order valence-corrected chi connectivity index (χ2v) is 11.3. The number of aryl methyl sites for hydroxylation is 1. The van der Waals surface area contributed by atoms with Crippen molar-refractivity contribution < 1.29 is 14.2 Å². The standard InChI is InChI=1S/C28H40N2O3S/c1-22(2)16-30(18-25-14-23(3)28-27(15-25)32-11-7-12-33-28)21-31-20-26-19-29(10-13-34-26)17-24-8-5-4-6-9-24/h4-6,8-9,14-15,22,26H,7,10-13,16-21H2,1-3H3. The number of thioether (sulfide) groups is 1. The van der Waals surface area contributed by atoms with Crippen LogP contribution in [0.5, 0.6) is 11.5 Å². The maximum atomic E-state index is 6.29. The average Bonchev–Trinajstić information content (AvgIpc) is 3.06. The van der Waals surface area contributed by atoms with Gasteiger partial charge in [-0.05, 0) is 35.6 Å². The Labute approximate surface area is 209 Å². The molecule has 1 fully saturated rings.